The molecule has 75 valence electrons. The van der Waals surface area contributed by atoms with Crippen LogP contribution in [0.1, 0.15) is 19.4 Å². The van der Waals surface area contributed by atoms with Crippen molar-refractivity contribution < 1.29 is 8.42 Å². The molecule has 0 aromatic heterocycles. The van der Waals surface area contributed by atoms with E-state index in [1.165, 1.54) is 22.5 Å². The fourth-order valence-electron chi connectivity index (χ4n) is 1.23. The van der Waals surface area contributed by atoms with Gasteiger partial charge in [0.1, 0.15) is 0 Å². The van der Waals surface area contributed by atoms with Gasteiger partial charge in [0.05, 0.1) is 0 Å². The molecule has 0 atom stereocenters. The first kappa shape index (κ1) is 12.0. The van der Waals surface area contributed by atoms with Crippen LogP contribution in [0.3, 0.4) is 0 Å². The van der Waals surface area contributed by atoms with Crippen LogP contribution in [0.25, 0.3) is 0 Å². The summed E-state index contributed by atoms with van der Waals surface area (Å²) in [6, 6.07) is 6.88. The number of hydrogen-bond acceptors (Lipinski definition) is 2. The normalized spacial score (nSPS) is 12.9. The molecule has 1 aromatic carbocycles. The van der Waals surface area contributed by atoms with Crippen LogP contribution in [0, 0.1) is 0 Å². The topological polar surface area (TPSA) is 60.2 Å². The van der Waals surface area contributed by atoms with Gasteiger partial charge >= 0.3 is 98.1 Å². The molecule has 3 nitrogen and oxygen atoms in total. The Kier molecular flexibility index (Phi) is 3.28. The minimum atomic E-state index is -3.60. The molecule has 14 heavy (non-hydrogen) atoms. The second kappa shape index (κ2) is 3.83. The summed E-state index contributed by atoms with van der Waals surface area (Å²) in [6.07, 6.45) is 0. The van der Waals surface area contributed by atoms with E-state index in [0.717, 1.165) is 5.56 Å². The Bertz CT molecular complexity index is 434. The Hall–Kier alpha value is -0.0713. The Labute approximate surface area is 97.8 Å². The summed E-state index contributed by atoms with van der Waals surface area (Å²) in [5.74, 6) is 0. The third-order valence-corrected chi connectivity index (χ3v) is 3.60. The van der Waals surface area contributed by atoms with Gasteiger partial charge in [-0.1, -0.05) is 0 Å². The van der Waals surface area contributed by atoms with Crippen LogP contribution in [0.2, 0.25) is 0 Å². The first-order chi connectivity index (χ1) is 6.23. The first-order valence-electron chi connectivity index (χ1n) is 4.10. The third-order valence-electron chi connectivity index (χ3n) is 1.87. The van der Waals surface area contributed by atoms with Gasteiger partial charge in [-0.25, -0.2) is 0 Å². The predicted molar refractivity (Wildman–Crippen MR) is 56.6 cm³/mol. The third kappa shape index (κ3) is 2.71. The monoisotopic (exact) mass is 318 g/mol. The molecule has 0 aliphatic heterocycles. The molecule has 0 aliphatic rings. The van der Waals surface area contributed by atoms with E-state index >= 15 is 0 Å². The average Bonchev–Trinajstić information content (AvgIpc) is 2.01. The van der Waals surface area contributed by atoms with Crippen molar-refractivity contribution in [1.82, 2.24) is 0 Å². The van der Waals surface area contributed by atoms with E-state index in [9.17, 15) is 8.42 Å². The molecule has 0 spiro atoms. The van der Waals surface area contributed by atoms with Gasteiger partial charge in [0.25, 0.3) is 0 Å². The quantitative estimate of drug-likeness (QED) is 0.818. The van der Waals surface area contributed by atoms with Crippen LogP contribution < -0.4 is 5.14 Å². The molecule has 3 radical (unpaired) electrons. The fraction of sp³-hybridized carbons (Fsp3) is 0.333. The van der Waals surface area contributed by atoms with Crippen molar-refractivity contribution >= 4 is 32.5 Å². The van der Waals surface area contributed by atoms with Crippen molar-refractivity contribution in [2.75, 3.05) is 0 Å². The van der Waals surface area contributed by atoms with Crippen molar-refractivity contribution in [3.8, 4) is 0 Å². The van der Waals surface area contributed by atoms with E-state index in [-0.39, 0.29) is 8.33 Å². The fourth-order valence-corrected chi connectivity index (χ4v) is 3.01. The van der Waals surface area contributed by atoms with E-state index < -0.39 is 10.0 Å². The summed E-state index contributed by atoms with van der Waals surface area (Å²) < 4.78 is 22.4. The summed E-state index contributed by atoms with van der Waals surface area (Å²) in [6.45, 7) is 3.99. The van der Waals surface area contributed by atoms with Crippen LogP contribution in [0.5, 0.6) is 0 Å². The van der Waals surface area contributed by atoms with Crippen molar-refractivity contribution in [3.05, 3.63) is 29.8 Å². The van der Waals surface area contributed by atoms with E-state index in [4.69, 9.17) is 5.14 Å². The van der Waals surface area contributed by atoms with Crippen LogP contribution in [0.15, 0.2) is 29.2 Å². The standard InChI is InChI=1S/C9H12NO2S.Sn/c1-7(2)8-5-3-4-6-9(8)13(10,11)12;/h3-6H,1-2H3,(H2,10,11,12);. The maximum absolute atomic E-state index is 11.3. The summed E-state index contributed by atoms with van der Waals surface area (Å²) in [4.78, 5) is 0.238. The summed E-state index contributed by atoms with van der Waals surface area (Å²) in [5.41, 5.74) is 0.792. The number of benzene rings is 1. The zero-order valence-corrected chi connectivity index (χ0v) is 11.8. The summed E-state index contributed by atoms with van der Waals surface area (Å²) in [7, 11) is -3.60. The molecular weight excluding hydrogens is 305 g/mol. The van der Waals surface area contributed by atoms with Gasteiger partial charge in [-0.2, -0.15) is 0 Å². The van der Waals surface area contributed by atoms with E-state index in [2.05, 4.69) is 0 Å². The van der Waals surface area contributed by atoms with E-state index in [1.54, 1.807) is 12.1 Å². The van der Waals surface area contributed by atoms with Crippen LogP contribution in [0.4, 0.5) is 0 Å². The molecule has 1 rings (SSSR count). The van der Waals surface area contributed by atoms with Gasteiger partial charge in [-0.3, -0.25) is 0 Å². The number of primary sulfonamides is 1. The molecule has 5 heteroatoms. The average molecular weight is 317 g/mol. The molecule has 0 aliphatic carbocycles. The SMILES string of the molecule is C[C](C)([Sn])c1ccccc1S(N)(=O)=O. The summed E-state index contributed by atoms with van der Waals surface area (Å²) >= 11 is 1.26. The number of hydrogen-bond donors (Lipinski definition) is 1. The molecule has 0 unspecified atom stereocenters. The van der Waals surface area contributed by atoms with Crippen LogP contribution in [-0.4, -0.2) is 30.9 Å². The van der Waals surface area contributed by atoms with Crippen molar-refractivity contribution in [3.63, 3.8) is 0 Å². The van der Waals surface area contributed by atoms with Gasteiger partial charge in [0, 0.05) is 0 Å². The summed E-state index contributed by atoms with van der Waals surface area (Å²) in [5, 5.41) is 5.14. The molecule has 2 N–H and O–H groups in total. The Balaban J connectivity index is 3.47. The van der Waals surface area contributed by atoms with Gasteiger partial charge in [0.15, 0.2) is 0 Å². The molecule has 1 aromatic rings. The Morgan fingerprint density at radius 2 is 1.79 bits per heavy atom. The van der Waals surface area contributed by atoms with E-state index in [0.29, 0.717) is 0 Å². The second-order valence-corrected chi connectivity index (χ2v) is 8.76. The number of rotatable bonds is 2. The van der Waals surface area contributed by atoms with Gasteiger partial charge < -0.3 is 0 Å². The number of nitrogens with two attached hydrogens (primary N) is 1. The Morgan fingerprint density at radius 3 is 2.14 bits per heavy atom. The number of sulfonamides is 1. The van der Waals surface area contributed by atoms with Crippen LogP contribution >= 0.6 is 0 Å². The molecule has 0 bridgehead atoms. The molecule has 0 saturated carbocycles. The maximum atomic E-state index is 11.3. The zero-order chi connectivity index (χ0) is 11.0. The predicted octanol–water partition coefficient (Wildman–Crippen LogP) is 0.738. The Morgan fingerprint density at radius 1 is 1.29 bits per heavy atom. The zero-order valence-electron chi connectivity index (χ0n) is 8.11. The van der Waals surface area contributed by atoms with E-state index in [1.807, 2.05) is 26.0 Å². The van der Waals surface area contributed by atoms with Crippen LogP contribution in [-0.2, 0) is 13.5 Å². The van der Waals surface area contributed by atoms with Crippen molar-refractivity contribution in [2.24, 2.45) is 5.14 Å². The molecule has 0 amide bonds. The second-order valence-electron chi connectivity index (χ2n) is 3.67. The molecule has 0 saturated heterocycles. The molecule has 0 heterocycles. The van der Waals surface area contributed by atoms with Crippen molar-refractivity contribution in [1.29, 1.82) is 0 Å². The van der Waals surface area contributed by atoms with Gasteiger partial charge in [0.2, 0.25) is 0 Å². The first-order valence-corrected chi connectivity index (χ1v) is 7.07. The van der Waals surface area contributed by atoms with Gasteiger partial charge in [-0.05, 0) is 0 Å². The van der Waals surface area contributed by atoms with Gasteiger partial charge in [-0.15, -0.1) is 0 Å². The molecular formula is C9H12NO2SSn. The van der Waals surface area contributed by atoms with Crippen molar-refractivity contribution in [2.45, 2.75) is 22.2 Å². The minimum absolute atomic E-state index is 0.129. The molecule has 0 fully saturated rings.